The van der Waals surface area contributed by atoms with Crippen LogP contribution in [0.3, 0.4) is 0 Å². The van der Waals surface area contributed by atoms with Gasteiger partial charge in [0.1, 0.15) is 0 Å². The second kappa shape index (κ2) is 5.51. The fourth-order valence-corrected chi connectivity index (χ4v) is 6.54. The molecule has 0 aromatic carbocycles. The quantitative estimate of drug-likeness (QED) is 0.836. The molecule has 4 bridgehead atoms. The molecule has 124 valence electrons. The van der Waals surface area contributed by atoms with Gasteiger partial charge in [-0.2, -0.15) is 0 Å². The van der Waals surface area contributed by atoms with Gasteiger partial charge in [0.15, 0.2) is 0 Å². The zero-order valence-corrected chi connectivity index (χ0v) is 13.8. The molecule has 0 saturated heterocycles. The van der Waals surface area contributed by atoms with Crippen LogP contribution in [0.2, 0.25) is 0 Å². The summed E-state index contributed by atoms with van der Waals surface area (Å²) in [5, 5.41) is 13.8. The van der Waals surface area contributed by atoms with Crippen molar-refractivity contribution < 1.29 is 9.90 Å². The summed E-state index contributed by atoms with van der Waals surface area (Å²) in [6.45, 7) is 0.866. The minimum Gasteiger partial charge on any atom is -0.389 e. The van der Waals surface area contributed by atoms with E-state index in [0.717, 1.165) is 50.0 Å². The molecule has 5 rings (SSSR count). The fourth-order valence-electron chi connectivity index (χ4n) is 6.54. The summed E-state index contributed by atoms with van der Waals surface area (Å²) in [4.78, 5) is 12.3. The molecule has 22 heavy (non-hydrogen) atoms. The Bertz CT molecular complexity index is 403. The third-order valence-electron chi connectivity index (χ3n) is 7.10. The highest BCUT2D eigenvalue weighted by Crippen LogP contribution is 2.59. The van der Waals surface area contributed by atoms with Gasteiger partial charge in [0.2, 0.25) is 5.91 Å². The third kappa shape index (κ3) is 2.93. The molecule has 5 aliphatic rings. The molecule has 0 aromatic heterocycles. The van der Waals surface area contributed by atoms with Crippen LogP contribution in [0.25, 0.3) is 0 Å². The summed E-state index contributed by atoms with van der Waals surface area (Å²) >= 11 is 0. The minimum atomic E-state index is -0.718. The highest BCUT2D eigenvalue weighted by Gasteiger charge is 2.50. The molecule has 0 radical (unpaired) electrons. The van der Waals surface area contributed by atoms with Crippen molar-refractivity contribution in [3.05, 3.63) is 0 Å². The summed E-state index contributed by atoms with van der Waals surface area (Å²) in [6.07, 6.45) is 13.6. The average molecular weight is 305 g/mol. The molecule has 0 spiro atoms. The molecule has 0 aliphatic heterocycles. The van der Waals surface area contributed by atoms with Gasteiger partial charge in [-0.1, -0.05) is 19.3 Å². The van der Waals surface area contributed by atoms with Crippen LogP contribution >= 0.6 is 0 Å². The Labute approximate surface area is 134 Å². The van der Waals surface area contributed by atoms with Crippen LogP contribution < -0.4 is 5.32 Å². The van der Waals surface area contributed by atoms with Gasteiger partial charge in [-0.25, -0.2) is 0 Å². The molecule has 0 atom stereocenters. The molecule has 2 N–H and O–H groups in total. The van der Waals surface area contributed by atoms with Gasteiger partial charge < -0.3 is 10.4 Å². The van der Waals surface area contributed by atoms with E-state index in [4.69, 9.17) is 0 Å². The van der Waals surface area contributed by atoms with E-state index in [2.05, 4.69) is 5.32 Å². The lowest BCUT2D eigenvalue weighted by Gasteiger charge is -2.57. The number of amides is 1. The zero-order valence-electron chi connectivity index (χ0n) is 13.8. The number of carbonyl (C=O) groups excluding carboxylic acids is 1. The summed E-state index contributed by atoms with van der Waals surface area (Å²) < 4.78 is 0. The highest BCUT2D eigenvalue weighted by molar-refractivity contribution is 5.77. The summed E-state index contributed by atoms with van der Waals surface area (Å²) in [7, 11) is 0. The zero-order chi connectivity index (χ0) is 15.2. The first-order chi connectivity index (χ1) is 10.5. The average Bonchev–Trinajstić information content (AvgIpc) is 2.44. The Kier molecular flexibility index (Phi) is 3.75. The maximum absolute atomic E-state index is 12.3. The second-order valence-electron chi connectivity index (χ2n) is 9.16. The first-order valence-electron chi connectivity index (χ1n) is 9.53. The lowest BCUT2D eigenvalue weighted by Crippen LogP contribution is -2.51. The first-order valence-corrected chi connectivity index (χ1v) is 9.53. The van der Waals surface area contributed by atoms with Crippen molar-refractivity contribution >= 4 is 5.91 Å². The topological polar surface area (TPSA) is 49.3 Å². The van der Waals surface area contributed by atoms with Crippen molar-refractivity contribution in [2.45, 2.75) is 82.7 Å². The van der Waals surface area contributed by atoms with Gasteiger partial charge in [-0.15, -0.1) is 0 Å². The van der Waals surface area contributed by atoms with E-state index in [1.807, 2.05) is 0 Å². The summed E-state index contributed by atoms with van der Waals surface area (Å²) in [6, 6.07) is 0. The molecule has 5 aliphatic carbocycles. The molecule has 0 heterocycles. The van der Waals surface area contributed by atoms with Gasteiger partial charge >= 0.3 is 0 Å². The summed E-state index contributed by atoms with van der Waals surface area (Å²) in [5.74, 6) is 2.89. The molecule has 0 aromatic rings. The van der Waals surface area contributed by atoms with Crippen LogP contribution in [-0.4, -0.2) is 23.2 Å². The molecule has 5 saturated carbocycles. The smallest absolute Gasteiger partial charge is 0.222 e. The molecule has 5 fully saturated rings. The van der Waals surface area contributed by atoms with Crippen molar-refractivity contribution in [1.82, 2.24) is 5.32 Å². The van der Waals surface area contributed by atoms with Crippen LogP contribution in [0, 0.1) is 23.2 Å². The monoisotopic (exact) mass is 305 g/mol. The standard InChI is InChI=1S/C19H31NO2/c21-17(12-19(22)4-2-1-3-5-19)20-13-18-9-14-6-15(10-18)8-16(7-14)11-18/h14-16,22H,1-13H2,(H,20,21). The Hall–Kier alpha value is -0.570. The van der Waals surface area contributed by atoms with E-state index >= 15 is 0 Å². The maximum atomic E-state index is 12.3. The van der Waals surface area contributed by atoms with Crippen molar-refractivity contribution in [1.29, 1.82) is 0 Å². The van der Waals surface area contributed by atoms with Gasteiger partial charge in [0, 0.05) is 6.54 Å². The Balaban J connectivity index is 1.32. The second-order valence-corrected chi connectivity index (χ2v) is 9.16. The van der Waals surface area contributed by atoms with E-state index in [1.54, 1.807) is 0 Å². The van der Waals surface area contributed by atoms with Gasteiger partial charge in [-0.3, -0.25) is 4.79 Å². The van der Waals surface area contributed by atoms with Crippen LogP contribution in [0.5, 0.6) is 0 Å². The van der Waals surface area contributed by atoms with Gasteiger partial charge in [-0.05, 0) is 74.5 Å². The fraction of sp³-hybridized carbons (Fsp3) is 0.947. The largest absolute Gasteiger partial charge is 0.389 e. The normalized spacial score (nSPS) is 42.3. The number of hydrogen-bond acceptors (Lipinski definition) is 2. The molecular formula is C19H31NO2. The van der Waals surface area contributed by atoms with Crippen molar-refractivity contribution in [2.75, 3.05) is 6.54 Å². The van der Waals surface area contributed by atoms with E-state index in [-0.39, 0.29) is 5.91 Å². The van der Waals surface area contributed by atoms with E-state index in [1.165, 1.54) is 44.9 Å². The maximum Gasteiger partial charge on any atom is 0.222 e. The van der Waals surface area contributed by atoms with Crippen LogP contribution in [0.4, 0.5) is 0 Å². The molecular weight excluding hydrogens is 274 g/mol. The molecule has 0 unspecified atom stereocenters. The van der Waals surface area contributed by atoms with Crippen molar-refractivity contribution in [3.8, 4) is 0 Å². The Morgan fingerprint density at radius 3 is 2.05 bits per heavy atom. The predicted molar refractivity (Wildman–Crippen MR) is 86.3 cm³/mol. The first kappa shape index (κ1) is 15.0. The lowest BCUT2D eigenvalue weighted by molar-refractivity contribution is -0.129. The van der Waals surface area contributed by atoms with E-state index in [9.17, 15) is 9.90 Å². The number of carbonyl (C=O) groups is 1. The number of hydrogen-bond donors (Lipinski definition) is 2. The predicted octanol–water partition coefficient (Wildman–Crippen LogP) is 3.40. The third-order valence-corrected chi connectivity index (χ3v) is 7.10. The molecule has 3 nitrogen and oxygen atoms in total. The van der Waals surface area contributed by atoms with E-state index < -0.39 is 5.60 Å². The van der Waals surface area contributed by atoms with Crippen LogP contribution in [0.1, 0.15) is 77.0 Å². The van der Waals surface area contributed by atoms with Gasteiger partial charge in [0.05, 0.1) is 12.0 Å². The Morgan fingerprint density at radius 2 is 1.50 bits per heavy atom. The Morgan fingerprint density at radius 1 is 0.955 bits per heavy atom. The van der Waals surface area contributed by atoms with E-state index in [0.29, 0.717) is 11.8 Å². The highest BCUT2D eigenvalue weighted by atomic mass is 16.3. The molecule has 3 heteroatoms. The van der Waals surface area contributed by atoms with Crippen LogP contribution in [-0.2, 0) is 4.79 Å². The SMILES string of the molecule is O=C(CC1(O)CCCCC1)NCC12CC3CC(CC(C3)C1)C2. The van der Waals surface area contributed by atoms with Crippen LogP contribution in [0.15, 0.2) is 0 Å². The number of nitrogens with one attached hydrogen (secondary N) is 1. The minimum absolute atomic E-state index is 0.0835. The van der Waals surface area contributed by atoms with Crippen molar-refractivity contribution in [2.24, 2.45) is 23.2 Å². The van der Waals surface area contributed by atoms with Gasteiger partial charge in [0.25, 0.3) is 0 Å². The summed E-state index contributed by atoms with van der Waals surface area (Å²) in [5.41, 5.74) is -0.316. The molecule has 1 amide bonds. The lowest BCUT2D eigenvalue weighted by atomic mass is 9.49. The number of aliphatic hydroxyl groups is 1. The number of rotatable bonds is 4. The van der Waals surface area contributed by atoms with Crippen molar-refractivity contribution in [3.63, 3.8) is 0 Å².